The molecule has 0 radical (unpaired) electrons. The molecule has 1 aromatic rings. The zero-order valence-corrected chi connectivity index (χ0v) is 9.49. The molecule has 94 valence electrons. The Hall–Kier alpha value is -1.49. The lowest BCUT2D eigenvalue weighted by molar-refractivity contribution is -0.141. The van der Waals surface area contributed by atoms with E-state index in [0.717, 1.165) is 6.07 Å². The molecule has 0 bridgehead atoms. The molecule has 1 aromatic carbocycles. The van der Waals surface area contributed by atoms with E-state index >= 15 is 0 Å². The van der Waals surface area contributed by atoms with Gasteiger partial charge in [-0.25, -0.2) is 8.78 Å². The second-order valence-electron chi connectivity index (χ2n) is 4.11. The molecule has 0 aliphatic heterocycles. The maximum Gasteiger partial charge on any atom is 0.307 e. The van der Waals surface area contributed by atoms with Crippen LogP contribution in [-0.4, -0.2) is 17.6 Å². The highest BCUT2D eigenvalue weighted by atomic mass is 19.1. The lowest BCUT2D eigenvalue weighted by Crippen LogP contribution is -2.24. The Balaban J connectivity index is 2.81. The van der Waals surface area contributed by atoms with E-state index < -0.39 is 23.5 Å². The van der Waals surface area contributed by atoms with Crippen molar-refractivity contribution >= 4 is 5.97 Å². The molecular formula is C12H15F2NO2. The van der Waals surface area contributed by atoms with Crippen LogP contribution >= 0.6 is 0 Å². The fourth-order valence-electron chi connectivity index (χ4n) is 1.72. The molecule has 0 heterocycles. The van der Waals surface area contributed by atoms with E-state index in [9.17, 15) is 13.6 Å². The molecular weight excluding hydrogens is 228 g/mol. The monoisotopic (exact) mass is 243 g/mol. The van der Waals surface area contributed by atoms with Crippen LogP contribution in [0.2, 0.25) is 0 Å². The minimum atomic E-state index is -0.990. The van der Waals surface area contributed by atoms with Gasteiger partial charge in [-0.2, -0.15) is 0 Å². The number of rotatable bonds is 5. The predicted molar refractivity (Wildman–Crippen MR) is 59.6 cm³/mol. The van der Waals surface area contributed by atoms with Crippen molar-refractivity contribution in [3.05, 3.63) is 35.4 Å². The van der Waals surface area contributed by atoms with Gasteiger partial charge in [0.05, 0.1) is 5.92 Å². The van der Waals surface area contributed by atoms with Crippen LogP contribution in [0, 0.1) is 17.6 Å². The van der Waals surface area contributed by atoms with Crippen molar-refractivity contribution in [2.24, 2.45) is 11.7 Å². The third-order valence-corrected chi connectivity index (χ3v) is 2.73. The molecule has 1 rings (SSSR count). The summed E-state index contributed by atoms with van der Waals surface area (Å²) in [5.41, 5.74) is 5.78. The molecule has 0 amide bonds. The minimum Gasteiger partial charge on any atom is -0.481 e. The van der Waals surface area contributed by atoms with Gasteiger partial charge in [-0.3, -0.25) is 4.79 Å². The van der Waals surface area contributed by atoms with Gasteiger partial charge in [0.1, 0.15) is 11.6 Å². The normalized spacial score (nSPS) is 14.4. The van der Waals surface area contributed by atoms with E-state index in [2.05, 4.69) is 0 Å². The molecule has 0 aliphatic rings. The van der Waals surface area contributed by atoms with Crippen LogP contribution in [0.5, 0.6) is 0 Å². The largest absolute Gasteiger partial charge is 0.481 e. The molecule has 0 aromatic heterocycles. The number of halogens is 2. The molecule has 2 atom stereocenters. The summed E-state index contributed by atoms with van der Waals surface area (Å²) in [4.78, 5) is 10.8. The molecule has 0 saturated carbocycles. The van der Waals surface area contributed by atoms with Crippen molar-refractivity contribution in [3.8, 4) is 0 Å². The Morgan fingerprint density at radius 2 is 1.88 bits per heavy atom. The first-order chi connectivity index (χ1) is 7.93. The van der Waals surface area contributed by atoms with Crippen LogP contribution in [0.1, 0.15) is 24.8 Å². The van der Waals surface area contributed by atoms with Crippen molar-refractivity contribution in [2.45, 2.75) is 19.3 Å². The number of aliphatic carboxylic acids is 1. The average molecular weight is 243 g/mol. The van der Waals surface area contributed by atoms with Crippen molar-refractivity contribution in [3.63, 3.8) is 0 Å². The van der Waals surface area contributed by atoms with Crippen molar-refractivity contribution in [2.75, 3.05) is 6.54 Å². The maximum absolute atomic E-state index is 13.0. The number of nitrogens with two attached hydrogens (primary N) is 1. The number of carbonyl (C=O) groups is 1. The van der Waals surface area contributed by atoms with Gasteiger partial charge < -0.3 is 10.8 Å². The van der Waals surface area contributed by atoms with Crippen LogP contribution in [0.3, 0.4) is 0 Å². The smallest absolute Gasteiger partial charge is 0.307 e. The Morgan fingerprint density at radius 3 is 2.29 bits per heavy atom. The van der Waals surface area contributed by atoms with E-state index in [1.807, 2.05) is 0 Å². The number of carboxylic acids is 1. The maximum atomic E-state index is 13.0. The van der Waals surface area contributed by atoms with Crippen LogP contribution in [0.4, 0.5) is 8.78 Å². The van der Waals surface area contributed by atoms with Gasteiger partial charge in [-0.05, 0) is 30.0 Å². The van der Waals surface area contributed by atoms with Crippen molar-refractivity contribution in [1.29, 1.82) is 0 Å². The summed E-state index contributed by atoms with van der Waals surface area (Å²) in [7, 11) is 0. The Kier molecular flexibility index (Phi) is 4.57. The van der Waals surface area contributed by atoms with Gasteiger partial charge in [0.25, 0.3) is 0 Å². The summed E-state index contributed by atoms with van der Waals surface area (Å²) in [6.45, 7) is 1.73. The molecule has 0 aliphatic carbocycles. The summed E-state index contributed by atoms with van der Waals surface area (Å²) in [5.74, 6) is -3.27. The van der Waals surface area contributed by atoms with Gasteiger partial charge in [-0.15, -0.1) is 0 Å². The van der Waals surface area contributed by atoms with E-state index in [1.165, 1.54) is 12.1 Å². The molecule has 2 unspecified atom stereocenters. The highest BCUT2D eigenvalue weighted by Gasteiger charge is 2.20. The first-order valence-corrected chi connectivity index (χ1v) is 5.33. The average Bonchev–Trinajstić information content (AvgIpc) is 2.23. The lowest BCUT2D eigenvalue weighted by Gasteiger charge is -2.16. The summed E-state index contributed by atoms with van der Waals surface area (Å²) < 4.78 is 26.0. The zero-order valence-electron chi connectivity index (χ0n) is 9.49. The summed E-state index contributed by atoms with van der Waals surface area (Å²) >= 11 is 0. The number of hydrogen-bond donors (Lipinski definition) is 2. The van der Waals surface area contributed by atoms with E-state index in [0.29, 0.717) is 5.56 Å². The number of carboxylic acid groups (broad SMARTS) is 1. The van der Waals surface area contributed by atoms with Gasteiger partial charge in [-0.1, -0.05) is 6.92 Å². The third-order valence-electron chi connectivity index (χ3n) is 2.73. The third kappa shape index (κ3) is 3.78. The van der Waals surface area contributed by atoms with Crippen molar-refractivity contribution in [1.82, 2.24) is 0 Å². The Labute approximate surface area is 98.2 Å². The highest BCUT2D eigenvalue weighted by Crippen LogP contribution is 2.24. The molecule has 3 N–H and O–H groups in total. The molecule has 5 heteroatoms. The fraction of sp³-hybridized carbons (Fsp3) is 0.417. The van der Waals surface area contributed by atoms with Crippen LogP contribution in [0.25, 0.3) is 0 Å². The summed E-state index contributed by atoms with van der Waals surface area (Å²) in [6, 6.07) is 3.21. The van der Waals surface area contributed by atoms with Crippen LogP contribution < -0.4 is 5.73 Å². The fourth-order valence-corrected chi connectivity index (χ4v) is 1.72. The van der Waals surface area contributed by atoms with E-state index in [1.54, 1.807) is 6.92 Å². The first kappa shape index (κ1) is 13.6. The standard InChI is InChI=1S/C12H15F2NO2/c1-7(2-9(6-15)12(16)17)8-3-10(13)5-11(14)4-8/h3-5,7,9H,2,6,15H2,1H3,(H,16,17). The molecule has 3 nitrogen and oxygen atoms in total. The second kappa shape index (κ2) is 5.72. The van der Waals surface area contributed by atoms with Crippen LogP contribution in [-0.2, 0) is 4.79 Å². The molecule has 17 heavy (non-hydrogen) atoms. The first-order valence-electron chi connectivity index (χ1n) is 5.33. The predicted octanol–water partition coefficient (Wildman–Crippen LogP) is 2.12. The minimum absolute atomic E-state index is 0.0114. The SMILES string of the molecule is CC(CC(CN)C(=O)O)c1cc(F)cc(F)c1. The Bertz CT molecular complexity index is 389. The van der Waals surface area contributed by atoms with Gasteiger partial charge >= 0.3 is 5.97 Å². The highest BCUT2D eigenvalue weighted by molar-refractivity contribution is 5.70. The number of hydrogen-bond acceptors (Lipinski definition) is 2. The number of benzene rings is 1. The lowest BCUT2D eigenvalue weighted by atomic mass is 9.90. The topological polar surface area (TPSA) is 63.3 Å². The molecule has 0 spiro atoms. The van der Waals surface area contributed by atoms with Gasteiger partial charge in [0, 0.05) is 12.6 Å². The molecule has 0 fully saturated rings. The van der Waals surface area contributed by atoms with Crippen LogP contribution in [0.15, 0.2) is 18.2 Å². The van der Waals surface area contributed by atoms with E-state index in [-0.39, 0.29) is 18.9 Å². The quantitative estimate of drug-likeness (QED) is 0.832. The zero-order chi connectivity index (χ0) is 13.0. The van der Waals surface area contributed by atoms with Gasteiger partial charge in [0.2, 0.25) is 0 Å². The van der Waals surface area contributed by atoms with Gasteiger partial charge in [0.15, 0.2) is 0 Å². The van der Waals surface area contributed by atoms with E-state index in [4.69, 9.17) is 10.8 Å². The second-order valence-corrected chi connectivity index (χ2v) is 4.11. The molecule has 0 saturated heterocycles. The summed E-state index contributed by atoms with van der Waals surface area (Å²) in [5, 5.41) is 8.85. The summed E-state index contributed by atoms with van der Waals surface area (Å²) in [6.07, 6.45) is 0.259. The Morgan fingerprint density at radius 1 is 1.35 bits per heavy atom. The van der Waals surface area contributed by atoms with Crippen molar-refractivity contribution < 1.29 is 18.7 Å².